The highest BCUT2D eigenvalue weighted by Gasteiger charge is 2.14. The summed E-state index contributed by atoms with van der Waals surface area (Å²) in [4.78, 5) is 18.9. The van der Waals surface area contributed by atoms with E-state index in [2.05, 4.69) is 27.5 Å². The first kappa shape index (κ1) is 19.4. The molecule has 1 amide bonds. The molecule has 2 aromatic heterocycles. The Bertz CT molecular complexity index is 1060. The van der Waals surface area contributed by atoms with Crippen LogP contribution in [0, 0.1) is 25.2 Å². The molecule has 1 N–H and O–H groups in total. The van der Waals surface area contributed by atoms with E-state index in [9.17, 15) is 4.79 Å². The quantitative estimate of drug-likeness (QED) is 0.714. The highest BCUT2D eigenvalue weighted by Crippen LogP contribution is 2.18. The third kappa shape index (κ3) is 3.96. The zero-order valence-corrected chi connectivity index (χ0v) is 16.7. The van der Waals surface area contributed by atoms with Crippen LogP contribution in [0.2, 0.25) is 0 Å². The highest BCUT2D eigenvalue weighted by atomic mass is 16.1. The Hall–Kier alpha value is -3.40. The van der Waals surface area contributed by atoms with Gasteiger partial charge in [-0.1, -0.05) is 12.1 Å². The summed E-state index contributed by atoms with van der Waals surface area (Å²) in [6, 6.07) is 10.2. The number of fused-ring (bicyclic) bond motifs is 1. The molecule has 0 radical (unpaired) electrons. The number of rotatable bonds is 6. The monoisotopic (exact) mass is 376 g/mol. The molecule has 0 spiro atoms. The number of benzene rings is 1. The van der Waals surface area contributed by atoms with E-state index in [1.54, 1.807) is 4.52 Å². The van der Waals surface area contributed by atoms with E-state index in [0.717, 1.165) is 28.2 Å². The van der Waals surface area contributed by atoms with Crippen molar-refractivity contribution in [3.05, 3.63) is 58.5 Å². The molecule has 0 aliphatic heterocycles. The van der Waals surface area contributed by atoms with Gasteiger partial charge in [0.15, 0.2) is 5.65 Å². The van der Waals surface area contributed by atoms with Crippen LogP contribution in [0.4, 0.5) is 5.69 Å². The summed E-state index contributed by atoms with van der Waals surface area (Å²) in [5, 5.41) is 16.4. The van der Waals surface area contributed by atoms with E-state index in [-0.39, 0.29) is 5.91 Å². The van der Waals surface area contributed by atoms with E-state index in [0.29, 0.717) is 30.6 Å². The molecule has 3 aromatic rings. The van der Waals surface area contributed by atoms with E-state index >= 15 is 0 Å². The molecule has 0 saturated heterocycles. The van der Waals surface area contributed by atoms with Gasteiger partial charge in [-0.2, -0.15) is 10.4 Å². The minimum atomic E-state index is -0.00710. The van der Waals surface area contributed by atoms with Crippen molar-refractivity contribution in [1.29, 1.82) is 5.26 Å². The number of hydrogen-bond donors (Lipinski definition) is 1. The van der Waals surface area contributed by atoms with Crippen molar-refractivity contribution >= 4 is 17.2 Å². The molecular weight excluding hydrogens is 352 g/mol. The number of amides is 1. The summed E-state index contributed by atoms with van der Waals surface area (Å²) >= 11 is 0. The first-order valence-electron chi connectivity index (χ1n) is 9.17. The zero-order chi connectivity index (χ0) is 20.3. The van der Waals surface area contributed by atoms with Crippen molar-refractivity contribution < 1.29 is 4.79 Å². The topological polar surface area (TPSA) is 86.3 Å². The Morgan fingerprint density at radius 1 is 1.32 bits per heavy atom. The summed E-state index contributed by atoms with van der Waals surface area (Å²) in [6.45, 7) is 4.34. The molecule has 3 rings (SSSR count). The number of nitrogens with zero attached hydrogens (tertiary/aromatic N) is 5. The molecule has 0 aliphatic carbocycles. The van der Waals surface area contributed by atoms with Crippen molar-refractivity contribution in [2.75, 3.05) is 19.0 Å². The maximum Gasteiger partial charge on any atom is 0.220 e. The van der Waals surface area contributed by atoms with Gasteiger partial charge in [0.05, 0.1) is 6.20 Å². The first-order chi connectivity index (χ1) is 13.4. The number of nitrogens with one attached hydrogen (secondary N) is 1. The van der Waals surface area contributed by atoms with E-state index < -0.39 is 0 Å². The fourth-order valence-corrected chi connectivity index (χ4v) is 3.22. The molecule has 0 atom stereocenters. The van der Waals surface area contributed by atoms with Crippen LogP contribution in [0.25, 0.3) is 5.65 Å². The second-order valence-corrected chi connectivity index (χ2v) is 7.01. The van der Waals surface area contributed by atoms with Gasteiger partial charge < -0.3 is 10.2 Å². The molecule has 7 heteroatoms. The van der Waals surface area contributed by atoms with E-state index in [1.165, 1.54) is 6.20 Å². The molecule has 0 unspecified atom stereocenters. The number of carbonyl (C=O) groups is 1. The van der Waals surface area contributed by atoms with Crippen LogP contribution in [0.1, 0.15) is 34.5 Å². The van der Waals surface area contributed by atoms with Gasteiger partial charge in [-0.15, -0.1) is 0 Å². The van der Waals surface area contributed by atoms with Crippen molar-refractivity contribution in [2.45, 2.75) is 33.2 Å². The lowest BCUT2D eigenvalue weighted by Crippen LogP contribution is -2.23. The first-order valence-corrected chi connectivity index (χ1v) is 9.17. The average molecular weight is 376 g/mol. The normalized spacial score (nSPS) is 10.7. The second-order valence-electron chi connectivity index (χ2n) is 7.01. The van der Waals surface area contributed by atoms with E-state index in [1.807, 2.05) is 51.0 Å². The van der Waals surface area contributed by atoms with Crippen LogP contribution in [-0.4, -0.2) is 34.6 Å². The minimum absolute atomic E-state index is 0.00710. The number of aromatic nitrogens is 3. The van der Waals surface area contributed by atoms with Crippen LogP contribution in [0.3, 0.4) is 0 Å². The molecule has 0 aliphatic rings. The maximum absolute atomic E-state index is 12.3. The Balaban J connectivity index is 1.65. The number of hydrogen-bond acceptors (Lipinski definition) is 5. The zero-order valence-electron chi connectivity index (χ0n) is 16.7. The largest absolute Gasteiger partial charge is 0.378 e. The third-order valence-corrected chi connectivity index (χ3v) is 4.85. The lowest BCUT2D eigenvalue weighted by atomic mass is 10.1. The number of aryl methyl sites for hydroxylation is 2. The molecule has 2 heterocycles. The summed E-state index contributed by atoms with van der Waals surface area (Å²) in [5.41, 5.74) is 5.92. The van der Waals surface area contributed by atoms with Gasteiger partial charge in [0, 0.05) is 44.1 Å². The van der Waals surface area contributed by atoms with Crippen LogP contribution < -0.4 is 10.2 Å². The Morgan fingerprint density at radius 3 is 2.82 bits per heavy atom. The predicted molar refractivity (Wildman–Crippen MR) is 108 cm³/mol. The molecule has 144 valence electrons. The molecule has 0 fully saturated rings. The minimum Gasteiger partial charge on any atom is -0.378 e. The Kier molecular flexibility index (Phi) is 5.59. The Morgan fingerprint density at radius 2 is 2.11 bits per heavy atom. The van der Waals surface area contributed by atoms with Gasteiger partial charge in [-0.25, -0.2) is 9.50 Å². The SMILES string of the molecule is Cc1nc2c(C#N)cnn2c(C)c1CCC(=O)NCc1cccc(N(C)C)c1. The van der Waals surface area contributed by atoms with Gasteiger partial charge in [-0.05, 0) is 43.5 Å². The highest BCUT2D eigenvalue weighted by molar-refractivity contribution is 5.76. The van der Waals surface area contributed by atoms with Gasteiger partial charge >= 0.3 is 0 Å². The predicted octanol–water partition coefficient (Wildman–Crippen LogP) is 2.53. The van der Waals surface area contributed by atoms with Crippen molar-refractivity contribution in [3.8, 4) is 6.07 Å². The number of anilines is 1. The lowest BCUT2D eigenvalue weighted by Gasteiger charge is -2.14. The van der Waals surface area contributed by atoms with Crippen molar-refractivity contribution in [2.24, 2.45) is 0 Å². The fraction of sp³-hybridized carbons (Fsp3) is 0.333. The fourth-order valence-electron chi connectivity index (χ4n) is 3.22. The summed E-state index contributed by atoms with van der Waals surface area (Å²) in [5.74, 6) is -0.00710. The van der Waals surface area contributed by atoms with Gasteiger partial charge in [-0.3, -0.25) is 4.79 Å². The van der Waals surface area contributed by atoms with E-state index in [4.69, 9.17) is 5.26 Å². The number of carbonyl (C=O) groups excluding carboxylic acids is 1. The van der Waals surface area contributed by atoms with Crippen LogP contribution in [0.15, 0.2) is 30.5 Å². The lowest BCUT2D eigenvalue weighted by molar-refractivity contribution is -0.121. The second kappa shape index (κ2) is 8.09. The molecule has 28 heavy (non-hydrogen) atoms. The summed E-state index contributed by atoms with van der Waals surface area (Å²) in [7, 11) is 3.98. The van der Waals surface area contributed by atoms with Gasteiger partial charge in [0.1, 0.15) is 11.6 Å². The van der Waals surface area contributed by atoms with Crippen LogP contribution in [-0.2, 0) is 17.8 Å². The maximum atomic E-state index is 12.3. The summed E-state index contributed by atoms with van der Waals surface area (Å²) in [6.07, 6.45) is 2.47. The molecule has 7 nitrogen and oxygen atoms in total. The summed E-state index contributed by atoms with van der Waals surface area (Å²) < 4.78 is 1.67. The van der Waals surface area contributed by atoms with Crippen LogP contribution >= 0.6 is 0 Å². The number of nitriles is 1. The van der Waals surface area contributed by atoms with Gasteiger partial charge in [0.2, 0.25) is 5.91 Å². The molecule has 0 saturated carbocycles. The molecular formula is C21H24N6O. The third-order valence-electron chi connectivity index (χ3n) is 4.85. The standard InChI is InChI=1S/C21H24N6O/c1-14-19(15(2)27-21(25-14)17(11-22)13-24-27)8-9-20(28)23-12-16-6-5-7-18(10-16)26(3)4/h5-7,10,13H,8-9,12H2,1-4H3,(H,23,28). The Labute approximate surface area is 164 Å². The van der Waals surface area contributed by atoms with Gasteiger partial charge in [0.25, 0.3) is 0 Å². The van der Waals surface area contributed by atoms with Crippen molar-refractivity contribution in [1.82, 2.24) is 19.9 Å². The smallest absolute Gasteiger partial charge is 0.220 e. The van der Waals surface area contributed by atoms with Crippen LogP contribution in [0.5, 0.6) is 0 Å². The average Bonchev–Trinajstić information content (AvgIpc) is 3.09. The molecule has 0 bridgehead atoms. The molecule has 1 aromatic carbocycles. The van der Waals surface area contributed by atoms with Crippen molar-refractivity contribution in [3.63, 3.8) is 0 Å².